The highest BCUT2D eigenvalue weighted by Gasteiger charge is 2.13. The van der Waals surface area contributed by atoms with Crippen molar-refractivity contribution in [2.24, 2.45) is 0 Å². The molecule has 0 aliphatic carbocycles. The van der Waals surface area contributed by atoms with E-state index in [2.05, 4.69) is 26.6 Å². The summed E-state index contributed by atoms with van der Waals surface area (Å²) >= 11 is 9.40. The van der Waals surface area contributed by atoms with Crippen LogP contribution >= 0.6 is 27.5 Å². The molecular weight excluding hydrogens is 458 g/mol. The van der Waals surface area contributed by atoms with E-state index in [9.17, 15) is 9.59 Å². The van der Waals surface area contributed by atoms with Gasteiger partial charge in [0, 0.05) is 19.8 Å². The molecular formula is C21H19BrClN3O3. The van der Waals surface area contributed by atoms with Crippen molar-refractivity contribution in [3.05, 3.63) is 75.6 Å². The molecule has 0 saturated carbocycles. The number of nitrogens with one attached hydrogen (secondary N) is 2. The molecule has 0 spiro atoms. The SMILES string of the molecule is CN(C)c1c(Cl)cccc1NC(=O)Cc1ccc(NC(=O)c2ccc(Br)o2)cc1. The zero-order valence-electron chi connectivity index (χ0n) is 15.8. The average molecular weight is 477 g/mol. The van der Waals surface area contributed by atoms with E-state index in [1.165, 1.54) is 0 Å². The van der Waals surface area contributed by atoms with E-state index >= 15 is 0 Å². The molecule has 0 aliphatic rings. The van der Waals surface area contributed by atoms with Crippen molar-refractivity contribution in [1.29, 1.82) is 0 Å². The lowest BCUT2D eigenvalue weighted by molar-refractivity contribution is -0.115. The van der Waals surface area contributed by atoms with Gasteiger partial charge in [0.25, 0.3) is 5.91 Å². The highest BCUT2D eigenvalue weighted by molar-refractivity contribution is 9.10. The Kier molecular flexibility index (Phi) is 6.61. The number of para-hydroxylation sites is 1. The molecule has 0 atom stereocenters. The van der Waals surface area contributed by atoms with Crippen molar-refractivity contribution in [2.75, 3.05) is 29.6 Å². The number of rotatable bonds is 6. The Morgan fingerprint density at radius 1 is 1.03 bits per heavy atom. The Balaban J connectivity index is 1.62. The van der Waals surface area contributed by atoms with Crippen molar-refractivity contribution in [3.8, 4) is 0 Å². The van der Waals surface area contributed by atoms with Crippen LogP contribution in [0, 0.1) is 0 Å². The molecule has 0 saturated heterocycles. The Bertz CT molecular complexity index is 1030. The first-order valence-corrected chi connectivity index (χ1v) is 9.92. The first kappa shape index (κ1) is 21.0. The van der Waals surface area contributed by atoms with Crippen molar-refractivity contribution in [1.82, 2.24) is 0 Å². The number of carbonyl (C=O) groups excluding carboxylic acids is 2. The standard InChI is InChI=1S/C21H19BrClN3O3/c1-26(2)20-15(23)4-3-5-16(20)25-19(27)12-13-6-8-14(9-7-13)24-21(28)17-10-11-18(22)29-17/h3-11H,12H2,1-2H3,(H,24,28)(H,25,27). The molecule has 0 fully saturated rings. The largest absolute Gasteiger partial charge is 0.444 e. The van der Waals surface area contributed by atoms with E-state index < -0.39 is 0 Å². The van der Waals surface area contributed by atoms with E-state index in [-0.39, 0.29) is 24.0 Å². The summed E-state index contributed by atoms with van der Waals surface area (Å²) in [6.07, 6.45) is 0.193. The van der Waals surface area contributed by atoms with Crippen LogP contribution in [-0.4, -0.2) is 25.9 Å². The zero-order valence-corrected chi connectivity index (χ0v) is 18.2. The first-order chi connectivity index (χ1) is 13.8. The number of carbonyl (C=O) groups is 2. The van der Waals surface area contributed by atoms with E-state index in [1.54, 1.807) is 48.5 Å². The summed E-state index contributed by atoms with van der Waals surface area (Å²) in [6.45, 7) is 0. The van der Waals surface area contributed by atoms with Crippen LogP contribution in [0.2, 0.25) is 5.02 Å². The van der Waals surface area contributed by atoms with Gasteiger partial charge in [-0.2, -0.15) is 0 Å². The van der Waals surface area contributed by atoms with Gasteiger partial charge in [-0.25, -0.2) is 0 Å². The van der Waals surface area contributed by atoms with Crippen molar-refractivity contribution < 1.29 is 14.0 Å². The summed E-state index contributed by atoms with van der Waals surface area (Å²) in [5, 5.41) is 6.21. The second-order valence-corrected chi connectivity index (χ2v) is 7.70. The molecule has 29 heavy (non-hydrogen) atoms. The van der Waals surface area contributed by atoms with Crippen LogP contribution in [0.4, 0.5) is 17.1 Å². The lowest BCUT2D eigenvalue weighted by atomic mass is 10.1. The van der Waals surface area contributed by atoms with Crippen molar-refractivity contribution in [3.63, 3.8) is 0 Å². The molecule has 0 unspecified atom stereocenters. The summed E-state index contributed by atoms with van der Waals surface area (Å²) in [5.41, 5.74) is 2.83. The minimum atomic E-state index is -0.349. The third kappa shape index (κ3) is 5.40. The number of hydrogen-bond donors (Lipinski definition) is 2. The number of furan rings is 1. The minimum Gasteiger partial charge on any atom is -0.444 e. The fourth-order valence-corrected chi connectivity index (χ4v) is 3.44. The monoisotopic (exact) mass is 475 g/mol. The van der Waals surface area contributed by atoms with Gasteiger partial charge >= 0.3 is 0 Å². The summed E-state index contributed by atoms with van der Waals surface area (Å²) in [6, 6.07) is 15.7. The van der Waals surface area contributed by atoms with Crippen LogP contribution in [0.1, 0.15) is 16.1 Å². The molecule has 2 N–H and O–H groups in total. The third-order valence-electron chi connectivity index (χ3n) is 4.08. The molecule has 1 heterocycles. The summed E-state index contributed by atoms with van der Waals surface area (Å²) in [7, 11) is 3.73. The number of anilines is 3. The smallest absolute Gasteiger partial charge is 0.291 e. The zero-order chi connectivity index (χ0) is 21.0. The molecule has 3 aromatic rings. The van der Waals surface area contributed by atoms with E-state index in [4.69, 9.17) is 16.0 Å². The Morgan fingerprint density at radius 3 is 2.38 bits per heavy atom. The molecule has 0 radical (unpaired) electrons. The van der Waals surface area contributed by atoms with Gasteiger partial charge in [-0.3, -0.25) is 9.59 Å². The van der Waals surface area contributed by atoms with E-state index in [0.29, 0.717) is 21.1 Å². The number of halogens is 2. The molecule has 2 amide bonds. The fourth-order valence-electron chi connectivity index (χ4n) is 2.79. The molecule has 0 aliphatic heterocycles. The second-order valence-electron chi connectivity index (χ2n) is 6.51. The Morgan fingerprint density at radius 2 is 1.76 bits per heavy atom. The maximum absolute atomic E-state index is 12.5. The predicted molar refractivity (Wildman–Crippen MR) is 119 cm³/mol. The molecule has 2 aromatic carbocycles. The summed E-state index contributed by atoms with van der Waals surface area (Å²) in [4.78, 5) is 26.4. The number of benzene rings is 2. The van der Waals surface area contributed by atoms with Crippen LogP contribution in [0.15, 0.2) is 63.7 Å². The van der Waals surface area contributed by atoms with Crippen LogP contribution in [0.5, 0.6) is 0 Å². The molecule has 0 bridgehead atoms. The lowest BCUT2D eigenvalue weighted by Crippen LogP contribution is -2.18. The summed E-state index contributed by atoms with van der Waals surface area (Å²) < 4.78 is 5.71. The first-order valence-electron chi connectivity index (χ1n) is 8.75. The van der Waals surface area contributed by atoms with Gasteiger partial charge in [0.1, 0.15) is 0 Å². The maximum atomic E-state index is 12.5. The van der Waals surface area contributed by atoms with E-state index in [1.807, 2.05) is 25.1 Å². The van der Waals surface area contributed by atoms with Gasteiger partial charge in [0.05, 0.1) is 22.8 Å². The van der Waals surface area contributed by atoms with E-state index in [0.717, 1.165) is 11.3 Å². The Hall–Kier alpha value is -2.77. The quantitative estimate of drug-likeness (QED) is 0.513. The fraction of sp³-hybridized carbons (Fsp3) is 0.143. The maximum Gasteiger partial charge on any atom is 0.291 e. The average Bonchev–Trinajstić information content (AvgIpc) is 3.09. The molecule has 3 rings (SSSR count). The molecule has 8 heteroatoms. The molecule has 6 nitrogen and oxygen atoms in total. The predicted octanol–water partition coefficient (Wildman–Crippen LogP) is 5.20. The number of hydrogen-bond acceptors (Lipinski definition) is 4. The van der Waals surface area contributed by atoms with Gasteiger partial charge in [-0.05, 0) is 57.9 Å². The number of nitrogens with zero attached hydrogens (tertiary/aromatic N) is 1. The van der Waals surface area contributed by atoms with Gasteiger partial charge < -0.3 is 20.0 Å². The molecule has 1 aromatic heterocycles. The van der Waals surface area contributed by atoms with Crippen molar-refractivity contribution >= 4 is 56.4 Å². The normalized spacial score (nSPS) is 10.5. The van der Waals surface area contributed by atoms with Crippen LogP contribution in [0.3, 0.4) is 0 Å². The lowest BCUT2D eigenvalue weighted by Gasteiger charge is -2.19. The Labute approximate surface area is 182 Å². The van der Waals surface area contributed by atoms with Gasteiger partial charge in [0.15, 0.2) is 10.4 Å². The summed E-state index contributed by atoms with van der Waals surface area (Å²) in [5.74, 6) is -0.301. The van der Waals surface area contributed by atoms with Crippen LogP contribution in [-0.2, 0) is 11.2 Å². The third-order valence-corrected chi connectivity index (χ3v) is 4.81. The molecule has 150 valence electrons. The van der Waals surface area contributed by atoms with Gasteiger partial charge in [-0.1, -0.05) is 29.8 Å². The topological polar surface area (TPSA) is 74.6 Å². The van der Waals surface area contributed by atoms with Crippen LogP contribution in [0.25, 0.3) is 0 Å². The van der Waals surface area contributed by atoms with Crippen molar-refractivity contribution in [2.45, 2.75) is 6.42 Å². The minimum absolute atomic E-state index is 0.160. The van der Waals surface area contributed by atoms with Gasteiger partial charge in [-0.15, -0.1) is 0 Å². The van der Waals surface area contributed by atoms with Gasteiger partial charge in [0.2, 0.25) is 5.91 Å². The highest BCUT2D eigenvalue weighted by Crippen LogP contribution is 2.32. The highest BCUT2D eigenvalue weighted by atomic mass is 79.9. The number of amides is 2. The second kappa shape index (κ2) is 9.15. The van der Waals surface area contributed by atoms with Crippen LogP contribution < -0.4 is 15.5 Å².